The fourth-order valence-corrected chi connectivity index (χ4v) is 1.70. The highest BCUT2D eigenvalue weighted by molar-refractivity contribution is 6.05. The second kappa shape index (κ2) is 5.40. The number of non-ortho nitro benzene ring substituents is 1. The van der Waals surface area contributed by atoms with E-state index in [1.807, 2.05) is 6.92 Å². The number of nitro benzene ring substituents is 1. The highest BCUT2D eigenvalue weighted by Crippen LogP contribution is 2.24. The van der Waals surface area contributed by atoms with Gasteiger partial charge in [0.05, 0.1) is 10.6 Å². The maximum Gasteiger partial charge on any atom is 0.270 e. The molecule has 2 N–H and O–H groups in total. The van der Waals surface area contributed by atoms with Crippen molar-refractivity contribution in [1.29, 1.82) is 0 Å². The van der Waals surface area contributed by atoms with Gasteiger partial charge in [0, 0.05) is 17.7 Å². The number of amides is 1. The third-order valence-electron chi connectivity index (χ3n) is 2.72. The van der Waals surface area contributed by atoms with Crippen LogP contribution in [-0.4, -0.2) is 15.9 Å². The summed E-state index contributed by atoms with van der Waals surface area (Å²) in [4.78, 5) is 22.1. The highest BCUT2D eigenvalue weighted by Gasteiger charge is 2.13. The van der Waals surface area contributed by atoms with Crippen LogP contribution >= 0.6 is 0 Å². The van der Waals surface area contributed by atoms with Crippen LogP contribution in [0.3, 0.4) is 0 Å². The number of anilines is 1. The summed E-state index contributed by atoms with van der Waals surface area (Å²) in [5.74, 6) is -0.573. The Hall–Kier alpha value is -2.89. The summed E-state index contributed by atoms with van der Waals surface area (Å²) >= 11 is 0. The molecule has 0 heterocycles. The second-order valence-electron chi connectivity index (χ2n) is 4.28. The topological polar surface area (TPSA) is 92.5 Å². The van der Waals surface area contributed by atoms with Crippen molar-refractivity contribution in [3.8, 4) is 5.75 Å². The fourth-order valence-electron chi connectivity index (χ4n) is 1.70. The van der Waals surface area contributed by atoms with Crippen molar-refractivity contribution in [2.24, 2.45) is 0 Å². The predicted molar refractivity (Wildman–Crippen MR) is 73.9 cm³/mol. The standard InChI is InChI=1S/C14H12N2O4/c1-9-5-6-12(13(17)7-9)15-14(18)10-3-2-4-11(8-10)16(19)20/h2-8,17H,1H3,(H,15,18). The van der Waals surface area contributed by atoms with E-state index in [4.69, 9.17) is 0 Å². The Labute approximate surface area is 114 Å². The van der Waals surface area contributed by atoms with Crippen LogP contribution in [0.15, 0.2) is 42.5 Å². The van der Waals surface area contributed by atoms with E-state index in [0.29, 0.717) is 0 Å². The maximum atomic E-state index is 12.0. The average molecular weight is 272 g/mol. The zero-order chi connectivity index (χ0) is 14.7. The van der Waals surface area contributed by atoms with Crippen molar-refractivity contribution in [2.75, 3.05) is 5.32 Å². The van der Waals surface area contributed by atoms with Gasteiger partial charge in [-0.25, -0.2) is 0 Å². The lowest BCUT2D eigenvalue weighted by molar-refractivity contribution is -0.384. The Kier molecular flexibility index (Phi) is 3.65. The molecule has 2 aromatic rings. The third kappa shape index (κ3) is 2.92. The van der Waals surface area contributed by atoms with Gasteiger partial charge in [0.25, 0.3) is 11.6 Å². The number of nitro groups is 1. The van der Waals surface area contributed by atoms with Gasteiger partial charge >= 0.3 is 0 Å². The van der Waals surface area contributed by atoms with Crippen LogP contribution in [0, 0.1) is 17.0 Å². The molecule has 0 saturated heterocycles. The number of aromatic hydroxyl groups is 1. The number of nitrogens with one attached hydrogen (secondary N) is 1. The molecule has 0 aliphatic carbocycles. The first-order valence-electron chi connectivity index (χ1n) is 5.83. The highest BCUT2D eigenvalue weighted by atomic mass is 16.6. The molecule has 1 amide bonds. The van der Waals surface area contributed by atoms with Crippen molar-refractivity contribution in [1.82, 2.24) is 0 Å². The number of rotatable bonds is 3. The van der Waals surface area contributed by atoms with Crippen molar-refractivity contribution in [3.63, 3.8) is 0 Å². The normalized spacial score (nSPS) is 10.1. The zero-order valence-electron chi connectivity index (χ0n) is 10.7. The molecule has 6 nitrogen and oxygen atoms in total. The third-order valence-corrected chi connectivity index (χ3v) is 2.72. The van der Waals surface area contributed by atoms with Gasteiger partial charge in [-0.3, -0.25) is 14.9 Å². The number of hydrogen-bond acceptors (Lipinski definition) is 4. The molecule has 2 aromatic carbocycles. The van der Waals surface area contributed by atoms with E-state index in [1.54, 1.807) is 12.1 Å². The average Bonchev–Trinajstić information content (AvgIpc) is 2.42. The van der Waals surface area contributed by atoms with Crippen LogP contribution in [0.25, 0.3) is 0 Å². The molecule has 0 spiro atoms. The van der Waals surface area contributed by atoms with Gasteiger partial charge in [0.1, 0.15) is 5.75 Å². The van der Waals surface area contributed by atoms with E-state index in [9.17, 15) is 20.0 Å². The van der Waals surface area contributed by atoms with Gasteiger partial charge in [-0.1, -0.05) is 12.1 Å². The largest absolute Gasteiger partial charge is 0.506 e. The van der Waals surface area contributed by atoms with E-state index in [2.05, 4.69) is 5.32 Å². The molecule has 0 atom stereocenters. The molecule has 0 aromatic heterocycles. The smallest absolute Gasteiger partial charge is 0.270 e. The molecule has 0 bridgehead atoms. The van der Waals surface area contributed by atoms with Gasteiger partial charge < -0.3 is 10.4 Å². The lowest BCUT2D eigenvalue weighted by Gasteiger charge is -2.07. The maximum absolute atomic E-state index is 12.0. The molecule has 0 radical (unpaired) electrons. The van der Waals surface area contributed by atoms with Crippen molar-refractivity contribution in [3.05, 3.63) is 63.7 Å². The number of hydrogen-bond donors (Lipinski definition) is 2. The minimum absolute atomic E-state index is 0.0521. The van der Waals surface area contributed by atoms with Crippen molar-refractivity contribution in [2.45, 2.75) is 6.92 Å². The molecule has 0 aliphatic heterocycles. The Bertz CT molecular complexity index is 683. The summed E-state index contributed by atoms with van der Waals surface area (Å²) in [6.07, 6.45) is 0. The number of carbonyl (C=O) groups excluding carboxylic acids is 1. The lowest BCUT2D eigenvalue weighted by atomic mass is 10.1. The first-order chi connectivity index (χ1) is 9.47. The monoisotopic (exact) mass is 272 g/mol. The molecule has 0 aliphatic rings. The van der Waals surface area contributed by atoms with E-state index in [-0.39, 0.29) is 22.7 Å². The Morgan fingerprint density at radius 3 is 2.65 bits per heavy atom. The van der Waals surface area contributed by atoms with E-state index in [1.165, 1.54) is 30.3 Å². The number of nitrogens with zero attached hydrogens (tertiary/aromatic N) is 1. The number of aryl methyl sites for hydroxylation is 1. The van der Waals surface area contributed by atoms with Crippen LogP contribution in [0.5, 0.6) is 5.75 Å². The van der Waals surface area contributed by atoms with Gasteiger partial charge in [-0.15, -0.1) is 0 Å². The Morgan fingerprint density at radius 1 is 1.25 bits per heavy atom. The van der Waals surface area contributed by atoms with Crippen LogP contribution < -0.4 is 5.32 Å². The first kappa shape index (κ1) is 13.5. The quantitative estimate of drug-likeness (QED) is 0.510. The number of benzene rings is 2. The summed E-state index contributed by atoms with van der Waals surface area (Å²) in [6, 6.07) is 10.2. The minimum Gasteiger partial charge on any atom is -0.506 e. The molecule has 20 heavy (non-hydrogen) atoms. The van der Waals surface area contributed by atoms with E-state index < -0.39 is 10.8 Å². The minimum atomic E-state index is -0.569. The fraction of sp³-hybridized carbons (Fsp3) is 0.0714. The summed E-state index contributed by atoms with van der Waals surface area (Å²) in [7, 11) is 0. The Morgan fingerprint density at radius 2 is 2.00 bits per heavy atom. The summed E-state index contributed by atoms with van der Waals surface area (Å²) < 4.78 is 0. The van der Waals surface area contributed by atoms with Crippen LogP contribution in [-0.2, 0) is 0 Å². The van der Waals surface area contributed by atoms with Crippen LogP contribution in [0.4, 0.5) is 11.4 Å². The zero-order valence-corrected chi connectivity index (χ0v) is 10.7. The van der Waals surface area contributed by atoms with Crippen LogP contribution in [0.1, 0.15) is 15.9 Å². The number of phenolic OH excluding ortho intramolecular Hbond substituents is 1. The van der Waals surface area contributed by atoms with Gasteiger partial charge in [-0.2, -0.15) is 0 Å². The predicted octanol–water partition coefficient (Wildman–Crippen LogP) is 2.86. The summed E-state index contributed by atoms with van der Waals surface area (Å²) in [6.45, 7) is 1.81. The molecule has 2 rings (SSSR count). The van der Waals surface area contributed by atoms with Crippen molar-refractivity contribution < 1.29 is 14.8 Å². The molecule has 6 heteroatoms. The van der Waals surface area contributed by atoms with Gasteiger partial charge in [0.2, 0.25) is 0 Å². The van der Waals surface area contributed by atoms with Gasteiger partial charge in [0.15, 0.2) is 0 Å². The molecule has 0 unspecified atom stereocenters. The second-order valence-corrected chi connectivity index (χ2v) is 4.28. The molecule has 0 saturated carbocycles. The Balaban J connectivity index is 2.24. The molecular formula is C14H12N2O4. The van der Waals surface area contributed by atoms with Gasteiger partial charge in [-0.05, 0) is 30.7 Å². The first-order valence-corrected chi connectivity index (χ1v) is 5.83. The van der Waals surface area contributed by atoms with E-state index in [0.717, 1.165) is 5.56 Å². The number of carbonyl (C=O) groups is 1. The van der Waals surface area contributed by atoms with E-state index >= 15 is 0 Å². The number of phenols is 1. The molecular weight excluding hydrogens is 260 g/mol. The van der Waals surface area contributed by atoms with Crippen LogP contribution in [0.2, 0.25) is 0 Å². The SMILES string of the molecule is Cc1ccc(NC(=O)c2cccc([N+](=O)[O-])c2)c(O)c1. The summed E-state index contributed by atoms with van der Waals surface area (Å²) in [5, 5.41) is 22.9. The lowest BCUT2D eigenvalue weighted by Crippen LogP contribution is -2.12. The molecule has 102 valence electrons. The summed E-state index contributed by atoms with van der Waals surface area (Å²) in [5.41, 5.74) is 1.10. The molecule has 0 fully saturated rings. The van der Waals surface area contributed by atoms with Crippen molar-refractivity contribution >= 4 is 17.3 Å².